The summed E-state index contributed by atoms with van der Waals surface area (Å²) in [4.78, 5) is 24.9. The largest absolute Gasteiger partial charge is 0.399 e. The van der Waals surface area contributed by atoms with Gasteiger partial charge < -0.3 is 16.4 Å². The Balaban J connectivity index is 2.60. The van der Waals surface area contributed by atoms with Crippen molar-refractivity contribution in [2.24, 2.45) is 0 Å². The monoisotopic (exact) mass is 332 g/mol. The quantitative estimate of drug-likeness (QED) is 0.690. The Hall–Kier alpha value is -1.50. The Morgan fingerprint density at radius 3 is 2.24 bits per heavy atom. The molecular formula is C13H18Cl2N4O2. The van der Waals surface area contributed by atoms with E-state index in [1.54, 1.807) is 11.9 Å². The van der Waals surface area contributed by atoms with E-state index in [-0.39, 0.29) is 34.9 Å². The van der Waals surface area contributed by atoms with Crippen LogP contribution in [0.3, 0.4) is 0 Å². The summed E-state index contributed by atoms with van der Waals surface area (Å²) >= 11 is 12.0. The Kier molecular flexibility index (Phi) is 6.74. The van der Waals surface area contributed by atoms with Crippen molar-refractivity contribution >= 4 is 46.4 Å². The number of hydrogen-bond acceptors (Lipinski definition) is 4. The van der Waals surface area contributed by atoms with Crippen LogP contribution in [0.5, 0.6) is 0 Å². The molecule has 0 heterocycles. The van der Waals surface area contributed by atoms with E-state index in [2.05, 4.69) is 10.6 Å². The van der Waals surface area contributed by atoms with Gasteiger partial charge >= 0.3 is 0 Å². The molecule has 116 valence electrons. The number of rotatable bonds is 6. The van der Waals surface area contributed by atoms with Gasteiger partial charge in [-0.15, -0.1) is 0 Å². The summed E-state index contributed by atoms with van der Waals surface area (Å²) in [7, 11) is 1.67. The van der Waals surface area contributed by atoms with Crippen molar-refractivity contribution in [3.05, 3.63) is 22.2 Å². The van der Waals surface area contributed by atoms with Gasteiger partial charge in [0.05, 0.1) is 28.8 Å². The fourth-order valence-electron chi connectivity index (χ4n) is 1.69. The molecule has 1 aromatic rings. The maximum Gasteiger partial charge on any atom is 0.238 e. The van der Waals surface area contributed by atoms with Gasteiger partial charge in [-0.05, 0) is 26.1 Å². The first-order valence-corrected chi connectivity index (χ1v) is 7.08. The number of carbonyl (C=O) groups excluding carboxylic acids is 2. The molecule has 1 rings (SSSR count). The first-order chi connectivity index (χ1) is 9.83. The van der Waals surface area contributed by atoms with E-state index in [1.807, 2.05) is 6.92 Å². The van der Waals surface area contributed by atoms with Crippen molar-refractivity contribution in [3.63, 3.8) is 0 Å². The number of anilines is 2. The molecular weight excluding hydrogens is 315 g/mol. The summed E-state index contributed by atoms with van der Waals surface area (Å²) in [5.74, 6) is -0.466. The average Bonchev–Trinajstić information content (AvgIpc) is 2.33. The number of halogens is 2. The van der Waals surface area contributed by atoms with Gasteiger partial charge in [0.1, 0.15) is 0 Å². The number of nitrogens with zero attached hydrogens (tertiary/aromatic N) is 1. The van der Waals surface area contributed by atoms with Gasteiger partial charge in [-0.2, -0.15) is 0 Å². The normalized spacial score (nSPS) is 10.5. The summed E-state index contributed by atoms with van der Waals surface area (Å²) < 4.78 is 0. The summed E-state index contributed by atoms with van der Waals surface area (Å²) in [5.41, 5.74) is 6.31. The third kappa shape index (κ3) is 5.79. The highest BCUT2D eigenvalue weighted by atomic mass is 35.5. The van der Waals surface area contributed by atoms with E-state index in [9.17, 15) is 9.59 Å². The van der Waals surface area contributed by atoms with Crippen molar-refractivity contribution in [2.75, 3.05) is 37.7 Å². The highest BCUT2D eigenvalue weighted by molar-refractivity contribution is 6.40. The third-order valence-corrected chi connectivity index (χ3v) is 3.13. The van der Waals surface area contributed by atoms with E-state index in [4.69, 9.17) is 28.9 Å². The zero-order valence-corrected chi connectivity index (χ0v) is 13.4. The van der Waals surface area contributed by atoms with Crippen LogP contribution in [0.2, 0.25) is 10.0 Å². The van der Waals surface area contributed by atoms with E-state index in [0.29, 0.717) is 17.9 Å². The Morgan fingerprint density at radius 2 is 1.71 bits per heavy atom. The molecule has 0 aliphatic rings. The van der Waals surface area contributed by atoms with Gasteiger partial charge in [0.2, 0.25) is 11.8 Å². The van der Waals surface area contributed by atoms with E-state index >= 15 is 0 Å². The fourth-order valence-corrected chi connectivity index (χ4v) is 2.29. The van der Waals surface area contributed by atoms with Gasteiger partial charge in [-0.1, -0.05) is 23.2 Å². The second kappa shape index (κ2) is 8.07. The predicted molar refractivity (Wildman–Crippen MR) is 85.7 cm³/mol. The second-order valence-electron chi connectivity index (χ2n) is 4.53. The van der Waals surface area contributed by atoms with Crippen LogP contribution in [0.1, 0.15) is 6.92 Å². The highest BCUT2D eigenvalue weighted by Gasteiger charge is 2.14. The van der Waals surface area contributed by atoms with Crippen molar-refractivity contribution in [3.8, 4) is 0 Å². The maximum atomic E-state index is 11.9. The molecule has 0 aliphatic heterocycles. The van der Waals surface area contributed by atoms with Crippen LogP contribution in [-0.4, -0.2) is 43.4 Å². The molecule has 0 saturated carbocycles. The number of nitrogen functional groups attached to an aromatic ring is 1. The molecule has 0 saturated heterocycles. The smallest absolute Gasteiger partial charge is 0.238 e. The second-order valence-corrected chi connectivity index (χ2v) is 5.35. The minimum absolute atomic E-state index is 0.0359. The van der Waals surface area contributed by atoms with Crippen molar-refractivity contribution in [2.45, 2.75) is 6.92 Å². The van der Waals surface area contributed by atoms with Crippen LogP contribution >= 0.6 is 23.2 Å². The van der Waals surface area contributed by atoms with Crippen molar-refractivity contribution in [1.29, 1.82) is 0 Å². The minimum atomic E-state index is -0.324. The first kappa shape index (κ1) is 17.6. The first-order valence-electron chi connectivity index (χ1n) is 6.33. The summed E-state index contributed by atoms with van der Waals surface area (Å²) in [5, 5.41) is 5.79. The Bertz CT molecular complexity index is 514. The minimum Gasteiger partial charge on any atom is -0.399 e. The van der Waals surface area contributed by atoms with Crippen LogP contribution < -0.4 is 16.4 Å². The average molecular weight is 333 g/mol. The molecule has 0 atom stereocenters. The molecule has 1 aromatic carbocycles. The van der Waals surface area contributed by atoms with Crippen LogP contribution in [0, 0.1) is 0 Å². The highest BCUT2D eigenvalue weighted by Crippen LogP contribution is 2.32. The van der Waals surface area contributed by atoms with E-state index < -0.39 is 0 Å². The Labute approximate surface area is 133 Å². The number of nitrogens with one attached hydrogen (secondary N) is 2. The summed E-state index contributed by atoms with van der Waals surface area (Å²) in [6.07, 6.45) is 0. The number of carbonyl (C=O) groups is 2. The number of benzene rings is 1. The van der Waals surface area contributed by atoms with E-state index in [0.717, 1.165) is 0 Å². The number of hydrogen-bond donors (Lipinski definition) is 3. The predicted octanol–water partition coefficient (Wildman–Crippen LogP) is 1.58. The lowest BCUT2D eigenvalue weighted by Gasteiger charge is -2.16. The molecule has 4 N–H and O–H groups in total. The molecule has 8 heteroatoms. The van der Waals surface area contributed by atoms with Crippen LogP contribution in [-0.2, 0) is 9.59 Å². The molecule has 21 heavy (non-hydrogen) atoms. The lowest BCUT2D eigenvalue weighted by Crippen LogP contribution is -2.38. The molecule has 0 unspecified atom stereocenters. The summed E-state index contributed by atoms with van der Waals surface area (Å²) in [6.45, 7) is 2.55. The SMILES string of the molecule is CCNC(=O)CN(C)CC(=O)Nc1c(Cl)cc(N)cc1Cl. The number of amides is 2. The van der Waals surface area contributed by atoms with E-state index in [1.165, 1.54) is 12.1 Å². The zero-order chi connectivity index (χ0) is 16.0. The molecule has 0 radical (unpaired) electrons. The van der Waals surface area contributed by atoms with Gasteiger partial charge in [-0.3, -0.25) is 14.5 Å². The third-order valence-electron chi connectivity index (χ3n) is 2.53. The van der Waals surface area contributed by atoms with Gasteiger partial charge in [0, 0.05) is 12.2 Å². The molecule has 6 nitrogen and oxygen atoms in total. The van der Waals surface area contributed by atoms with Crippen LogP contribution in [0.15, 0.2) is 12.1 Å². The van der Waals surface area contributed by atoms with Crippen molar-refractivity contribution < 1.29 is 9.59 Å². The summed E-state index contributed by atoms with van der Waals surface area (Å²) in [6, 6.07) is 3.00. The molecule has 0 fully saturated rings. The molecule has 0 aromatic heterocycles. The van der Waals surface area contributed by atoms with Crippen LogP contribution in [0.4, 0.5) is 11.4 Å². The topological polar surface area (TPSA) is 87.5 Å². The molecule has 2 amide bonds. The van der Waals surface area contributed by atoms with Gasteiger partial charge in [0.15, 0.2) is 0 Å². The molecule has 0 spiro atoms. The molecule has 0 aliphatic carbocycles. The van der Waals surface area contributed by atoms with Crippen LogP contribution in [0.25, 0.3) is 0 Å². The lowest BCUT2D eigenvalue weighted by molar-refractivity contribution is -0.122. The van der Waals surface area contributed by atoms with Crippen molar-refractivity contribution in [1.82, 2.24) is 10.2 Å². The lowest BCUT2D eigenvalue weighted by atomic mass is 10.2. The fraction of sp³-hybridized carbons (Fsp3) is 0.385. The Morgan fingerprint density at radius 1 is 1.19 bits per heavy atom. The molecule has 0 bridgehead atoms. The van der Waals surface area contributed by atoms with Gasteiger partial charge in [0.25, 0.3) is 0 Å². The standard InChI is InChI=1S/C13H18Cl2N4O2/c1-3-17-11(20)6-19(2)7-12(21)18-13-9(14)4-8(16)5-10(13)15/h4-5H,3,6-7,16H2,1-2H3,(H,17,20)(H,18,21). The number of nitrogens with two attached hydrogens (primary N) is 1. The maximum absolute atomic E-state index is 11.9. The van der Waals surface area contributed by atoms with Gasteiger partial charge in [-0.25, -0.2) is 0 Å². The zero-order valence-electron chi connectivity index (χ0n) is 11.9. The number of likely N-dealkylation sites (N-methyl/N-ethyl adjacent to an activating group) is 2.